The minimum Gasteiger partial charge on any atom is -0.489 e. The molecule has 0 amide bonds. The molecule has 0 fully saturated rings. The van der Waals surface area contributed by atoms with Crippen molar-refractivity contribution in [3.8, 4) is 17.2 Å². The Kier molecular flexibility index (Phi) is 6.93. The van der Waals surface area contributed by atoms with E-state index >= 15 is 0 Å². The maximum Gasteiger partial charge on any atom is 0.371 e. The molecule has 0 aliphatic rings. The number of carboxylic acid groups (broad SMARTS) is 1. The van der Waals surface area contributed by atoms with Crippen LogP contribution in [-0.4, -0.2) is 30.0 Å². The Balaban J connectivity index is 1.68. The van der Waals surface area contributed by atoms with Crippen molar-refractivity contribution in [1.82, 2.24) is 18.9 Å². The highest BCUT2D eigenvalue weighted by Gasteiger charge is 2.26. The summed E-state index contributed by atoms with van der Waals surface area (Å²) in [6.07, 6.45) is 0. The second kappa shape index (κ2) is 10.5. The van der Waals surface area contributed by atoms with Crippen LogP contribution in [0.5, 0.6) is 5.75 Å². The number of hydrogen-bond acceptors (Lipinski definition) is 6. The molecular formula is C29H28N4O6. The van der Waals surface area contributed by atoms with Crippen LogP contribution in [0.3, 0.4) is 0 Å². The van der Waals surface area contributed by atoms with Crippen LogP contribution in [0, 0.1) is 5.92 Å². The zero-order valence-electron chi connectivity index (χ0n) is 21.8. The van der Waals surface area contributed by atoms with Gasteiger partial charge in [0.2, 0.25) is 5.76 Å². The van der Waals surface area contributed by atoms with E-state index in [1.807, 2.05) is 68.4 Å². The molecule has 39 heavy (non-hydrogen) atoms. The summed E-state index contributed by atoms with van der Waals surface area (Å²) in [5.74, 6) is -0.619. The second-order valence-corrected chi connectivity index (χ2v) is 9.71. The maximum atomic E-state index is 13.4. The second-order valence-electron chi connectivity index (χ2n) is 9.71. The molecule has 0 unspecified atom stereocenters. The molecule has 0 saturated heterocycles. The highest BCUT2D eigenvalue weighted by molar-refractivity contribution is 5.91. The van der Waals surface area contributed by atoms with Gasteiger partial charge in [0.25, 0.3) is 5.56 Å². The van der Waals surface area contributed by atoms with Gasteiger partial charge in [0.1, 0.15) is 23.4 Å². The summed E-state index contributed by atoms with van der Waals surface area (Å²) >= 11 is 0. The zero-order valence-corrected chi connectivity index (χ0v) is 21.8. The molecular weight excluding hydrogens is 500 g/mol. The Bertz CT molecular complexity index is 1780. The molecule has 5 rings (SSSR count). The van der Waals surface area contributed by atoms with Crippen molar-refractivity contribution in [3.63, 3.8) is 0 Å². The van der Waals surface area contributed by atoms with Gasteiger partial charge in [-0.05, 0) is 29.7 Å². The Morgan fingerprint density at radius 2 is 1.74 bits per heavy atom. The van der Waals surface area contributed by atoms with Gasteiger partial charge in [0.15, 0.2) is 11.4 Å². The number of nitrogens with zero attached hydrogens (tertiary/aromatic N) is 4. The van der Waals surface area contributed by atoms with Crippen LogP contribution in [0.4, 0.5) is 0 Å². The van der Waals surface area contributed by atoms with Gasteiger partial charge >= 0.3 is 11.7 Å². The quantitative estimate of drug-likeness (QED) is 0.305. The van der Waals surface area contributed by atoms with Gasteiger partial charge < -0.3 is 14.3 Å². The number of rotatable bonds is 9. The number of furan rings is 1. The average Bonchev–Trinajstić information content (AvgIpc) is 3.55. The molecule has 200 valence electrons. The van der Waals surface area contributed by atoms with E-state index in [0.29, 0.717) is 18.9 Å². The number of fused-ring (bicyclic) bond motifs is 1. The Morgan fingerprint density at radius 3 is 2.44 bits per heavy atom. The maximum absolute atomic E-state index is 13.4. The van der Waals surface area contributed by atoms with E-state index in [9.17, 15) is 19.5 Å². The fraction of sp³-hybridized carbons (Fsp3) is 0.241. The molecule has 10 nitrogen and oxygen atoms in total. The van der Waals surface area contributed by atoms with Crippen LogP contribution in [0.25, 0.3) is 22.5 Å². The zero-order chi connectivity index (χ0) is 27.7. The fourth-order valence-corrected chi connectivity index (χ4v) is 4.51. The average molecular weight is 529 g/mol. The van der Waals surface area contributed by atoms with E-state index in [1.54, 1.807) is 4.68 Å². The molecule has 0 atom stereocenters. The summed E-state index contributed by atoms with van der Waals surface area (Å²) in [6, 6.07) is 20.1. The van der Waals surface area contributed by atoms with E-state index < -0.39 is 17.2 Å². The van der Waals surface area contributed by atoms with Gasteiger partial charge in [-0.15, -0.1) is 0 Å². The molecule has 0 radical (unpaired) electrons. The molecule has 0 aliphatic heterocycles. The van der Waals surface area contributed by atoms with Crippen LogP contribution in [0.15, 0.2) is 80.7 Å². The van der Waals surface area contributed by atoms with E-state index in [1.165, 1.54) is 23.7 Å². The van der Waals surface area contributed by atoms with Crippen molar-refractivity contribution in [3.05, 3.63) is 104 Å². The molecule has 1 N–H and O–H groups in total. The molecule has 5 aromatic rings. The summed E-state index contributed by atoms with van der Waals surface area (Å²) in [7, 11) is 1.42. The molecule has 0 aliphatic carbocycles. The monoisotopic (exact) mass is 528 g/mol. The number of aromatic nitrogens is 4. The molecule has 2 aromatic carbocycles. The van der Waals surface area contributed by atoms with Crippen LogP contribution >= 0.6 is 0 Å². The minimum atomic E-state index is -1.24. The fourth-order valence-electron chi connectivity index (χ4n) is 4.51. The summed E-state index contributed by atoms with van der Waals surface area (Å²) in [4.78, 5) is 38.1. The van der Waals surface area contributed by atoms with E-state index in [2.05, 4.69) is 0 Å². The summed E-state index contributed by atoms with van der Waals surface area (Å²) in [5.41, 5.74) is 1.27. The summed E-state index contributed by atoms with van der Waals surface area (Å²) in [6.45, 7) is 4.81. The van der Waals surface area contributed by atoms with Crippen LogP contribution in [0.2, 0.25) is 0 Å². The Hall–Kier alpha value is -4.86. The van der Waals surface area contributed by atoms with Crippen molar-refractivity contribution in [2.24, 2.45) is 13.0 Å². The van der Waals surface area contributed by atoms with E-state index in [0.717, 1.165) is 15.7 Å². The first kappa shape index (κ1) is 25.8. The van der Waals surface area contributed by atoms with Crippen molar-refractivity contribution in [1.29, 1.82) is 0 Å². The lowest BCUT2D eigenvalue weighted by Crippen LogP contribution is -2.38. The van der Waals surface area contributed by atoms with Gasteiger partial charge in [0, 0.05) is 19.2 Å². The van der Waals surface area contributed by atoms with Crippen molar-refractivity contribution in [2.75, 3.05) is 0 Å². The van der Waals surface area contributed by atoms with Crippen molar-refractivity contribution < 1.29 is 19.1 Å². The third-order valence-electron chi connectivity index (χ3n) is 6.35. The number of aromatic carboxylic acids is 1. The van der Waals surface area contributed by atoms with Crippen molar-refractivity contribution >= 4 is 17.0 Å². The third kappa shape index (κ3) is 5.00. The number of para-hydroxylation sites is 1. The van der Waals surface area contributed by atoms with E-state index in [-0.39, 0.29) is 40.7 Å². The lowest BCUT2D eigenvalue weighted by Gasteiger charge is -2.13. The first-order valence-corrected chi connectivity index (χ1v) is 12.5. The van der Waals surface area contributed by atoms with E-state index in [4.69, 9.17) is 14.3 Å². The number of hydrogen-bond donors (Lipinski definition) is 1. The summed E-state index contributed by atoms with van der Waals surface area (Å²) < 4.78 is 15.8. The predicted octanol–water partition coefficient (Wildman–Crippen LogP) is 4.14. The van der Waals surface area contributed by atoms with Gasteiger partial charge in [-0.3, -0.25) is 18.6 Å². The highest BCUT2D eigenvalue weighted by atomic mass is 16.5. The van der Waals surface area contributed by atoms with Crippen LogP contribution in [0.1, 0.15) is 35.5 Å². The number of ether oxygens (including phenoxy) is 1. The van der Waals surface area contributed by atoms with Crippen LogP contribution in [-0.2, 0) is 26.7 Å². The largest absolute Gasteiger partial charge is 0.489 e. The minimum absolute atomic E-state index is 0.103. The SMILES string of the molecule is CC(C)Cn1c(=O)n(C)c(=O)c2c(-c3ccc(C(=O)O)o3)n(Cc3ccccc3OCc3ccccc3)nc21. The topological polar surface area (TPSA) is 121 Å². The predicted molar refractivity (Wildman–Crippen MR) is 145 cm³/mol. The highest BCUT2D eigenvalue weighted by Crippen LogP contribution is 2.30. The standard InChI is InChI=1S/C29H28N4O6/c1-18(2)15-32-26-24(27(34)31(3)29(32)37)25(22-13-14-23(39-22)28(35)36)33(30-26)16-20-11-7-8-12-21(20)38-17-19-9-5-4-6-10-19/h4-14,18H,15-17H2,1-3H3,(H,35,36). The molecule has 0 spiro atoms. The molecule has 0 saturated carbocycles. The van der Waals surface area contributed by atoms with Gasteiger partial charge in [-0.1, -0.05) is 62.4 Å². The first-order chi connectivity index (χ1) is 18.7. The normalized spacial score (nSPS) is 11.4. The lowest BCUT2D eigenvalue weighted by atomic mass is 10.1. The van der Waals surface area contributed by atoms with Gasteiger partial charge in [-0.2, -0.15) is 5.10 Å². The molecule has 0 bridgehead atoms. The number of benzene rings is 2. The third-order valence-corrected chi connectivity index (χ3v) is 6.35. The number of carboxylic acids is 1. The summed E-state index contributed by atoms with van der Waals surface area (Å²) in [5, 5.41) is 14.3. The lowest BCUT2D eigenvalue weighted by molar-refractivity contribution is 0.0663. The van der Waals surface area contributed by atoms with Gasteiger partial charge in [0.05, 0.1) is 6.54 Å². The molecule has 10 heteroatoms. The van der Waals surface area contributed by atoms with Crippen molar-refractivity contribution in [2.45, 2.75) is 33.5 Å². The van der Waals surface area contributed by atoms with Gasteiger partial charge in [-0.25, -0.2) is 9.59 Å². The van der Waals surface area contributed by atoms with Crippen LogP contribution < -0.4 is 16.0 Å². The Morgan fingerprint density at radius 1 is 1.03 bits per heavy atom. The first-order valence-electron chi connectivity index (χ1n) is 12.5. The smallest absolute Gasteiger partial charge is 0.371 e. The number of carbonyl (C=O) groups is 1. The molecule has 3 heterocycles. The molecule has 3 aromatic heterocycles. The Labute approximate surface area is 223 Å².